The molecule has 0 aliphatic carbocycles. The molecule has 0 aromatic carbocycles. The van der Waals surface area contributed by atoms with Crippen LogP contribution in [0.25, 0.3) is 0 Å². The predicted molar refractivity (Wildman–Crippen MR) is 66.0 cm³/mol. The van der Waals surface area contributed by atoms with E-state index in [1.54, 1.807) is 6.26 Å². The molecule has 1 aliphatic heterocycles. The van der Waals surface area contributed by atoms with Crippen LogP contribution in [-0.4, -0.2) is 26.5 Å². The van der Waals surface area contributed by atoms with Crippen molar-refractivity contribution in [3.63, 3.8) is 0 Å². The summed E-state index contributed by atoms with van der Waals surface area (Å²) in [5.41, 5.74) is 1.13. The Hall–Kier alpha value is -0.510. The van der Waals surface area contributed by atoms with E-state index in [2.05, 4.69) is 0 Å². The van der Waals surface area contributed by atoms with Gasteiger partial charge in [0.05, 0.1) is 24.4 Å². The minimum atomic E-state index is -2.79. The third-order valence-corrected chi connectivity index (χ3v) is 4.66. The maximum absolute atomic E-state index is 11.6. The minimum absolute atomic E-state index is 0.290. The third kappa shape index (κ3) is 5.54. The highest BCUT2D eigenvalue weighted by atomic mass is 32.2. The van der Waals surface area contributed by atoms with Crippen LogP contribution in [-0.2, 0) is 14.6 Å². The fraction of sp³-hybridized carbons (Fsp3) is 0.833. The van der Waals surface area contributed by atoms with Crippen LogP contribution >= 0.6 is 0 Å². The van der Waals surface area contributed by atoms with E-state index >= 15 is 0 Å². The van der Waals surface area contributed by atoms with E-state index in [-0.39, 0.29) is 5.92 Å². The lowest BCUT2D eigenvalue weighted by atomic mass is 10.0. The van der Waals surface area contributed by atoms with Crippen molar-refractivity contribution >= 4 is 9.84 Å². The molecule has 1 heterocycles. The van der Waals surface area contributed by atoms with E-state index in [0.717, 1.165) is 31.3 Å². The second-order valence-electron chi connectivity index (χ2n) is 4.83. The normalized spacial score (nSPS) is 24.5. The van der Waals surface area contributed by atoms with Gasteiger partial charge in [-0.25, -0.2) is 8.42 Å². The number of allylic oxidation sites excluding steroid dienone is 1. The van der Waals surface area contributed by atoms with Gasteiger partial charge < -0.3 is 4.74 Å². The molecule has 94 valence electrons. The van der Waals surface area contributed by atoms with Gasteiger partial charge >= 0.3 is 0 Å². The lowest BCUT2D eigenvalue weighted by Crippen LogP contribution is -2.16. The Labute approximate surface area is 98.8 Å². The number of ether oxygens (including phenoxy) is 1. The molecule has 0 saturated carbocycles. The van der Waals surface area contributed by atoms with Crippen LogP contribution in [0.3, 0.4) is 0 Å². The Morgan fingerprint density at radius 1 is 1.38 bits per heavy atom. The highest BCUT2D eigenvalue weighted by Crippen LogP contribution is 2.20. The topological polar surface area (TPSA) is 43.4 Å². The van der Waals surface area contributed by atoms with Crippen LogP contribution in [0.1, 0.15) is 39.5 Å². The molecule has 1 unspecified atom stereocenters. The molecule has 3 nitrogen and oxygen atoms in total. The second kappa shape index (κ2) is 6.28. The SMILES string of the molecule is CC(C)=COCCC1CCCCS(=O)(=O)C1. The van der Waals surface area contributed by atoms with E-state index in [4.69, 9.17) is 4.74 Å². The van der Waals surface area contributed by atoms with Crippen molar-refractivity contribution in [2.24, 2.45) is 5.92 Å². The monoisotopic (exact) mass is 246 g/mol. The van der Waals surface area contributed by atoms with Gasteiger partial charge in [0.15, 0.2) is 9.84 Å². The van der Waals surface area contributed by atoms with Gasteiger partial charge in [0.2, 0.25) is 0 Å². The zero-order valence-electron chi connectivity index (χ0n) is 10.2. The van der Waals surface area contributed by atoms with Crippen molar-refractivity contribution in [1.29, 1.82) is 0 Å². The maximum Gasteiger partial charge on any atom is 0.150 e. The van der Waals surface area contributed by atoms with Crippen LogP contribution in [0.5, 0.6) is 0 Å². The lowest BCUT2D eigenvalue weighted by molar-refractivity contribution is 0.220. The Kier molecular flexibility index (Phi) is 5.32. The molecule has 0 amide bonds. The fourth-order valence-corrected chi connectivity index (χ4v) is 3.83. The quantitative estimate of drug-likeness (QED) is 0.565. The summed E-state index contributed by atoms with van der Waals surface area (Å²) >= 11 is 0. The molecule has 1 rings (SSSR count). The first kappa shape index (κ1) is 13.6. The molecule has 0 radical (unpaired) electrons. The van der Waals surface area contributed by atoms with Gasteiger partial charge in [-0.2, -0.15) is 0 Å². The first-order valence-corrected chi connectivity index (χ1v) is 7.77. The summed E-state index contributed by atoms with van der Waals surface area (Å²) in [4.78, 5) is 0. The van der Waals surface area contributed by atoms with Gasteiger partial charge in [0.1, 0.15) is 0 Å². The summed E-state index contributed by atoms with van der Waals surface area (Å²) in [5.74, 6) is 1.02. The van der Waals surface area contributed by atoms with Crippen molar-refractivity contribution < 1.29 is 13.2 Å². The number of rotatable bonds is 4. The van der Waals surface area contributed by atoms with Gasteiger partial charge in [-0.1, -0.05) is 6.42 Å². The zero-order valence-corrected chi connectivity index (χ0v) is 11.1. The van der Waals surface area contributed by atoms with E-state index in [0.29, 0.717) is 18.1 Å². The van der Waals surface area contributed by atoms with Crippen LogP contribution in [0.2, 0.25) is 0 Å². The summed E-state index contributed by atoms with van der Waals surface area (Å²) in [6.45, 7) is 4.59. The second-order valence-corrected chi connectivity index (χ2v) is 7.06. The molecule has 1 atom stereocenters. The average Bonchev–Trinajstić information content (AvgIpc) is 2.33. The molecule has 0 aromatic heterocycles. The Balaban J connectivity index is 2.33. The first-order chi connectivity index (χ1) is 7.49. The average molecular weight is 246 g/mol. The van der Waals surface area contributed by atoms with E-state index in [9.17, 15) is 8.42 Å². The molecular weight excluding hydrogens is 224 g/mol. The zero-order chi connectivity index (χ0) is 12.0. The van der Waals surface area contributed by atoms with Crippen LogP contribution < -0.4 is 0 Å². The molecule has 1 saturated heterocycles. The van der Waals surface area contributed by atoms with Crippen molar-refractivity contribution in [2.45, 2.75) is 39.5 Å². The van der Waals surface area contributed by atoms with Crippen molar-refractivity contribution in [2.75, 3.05) is 18.1 Å². The smallest absolute Gasteiger partial charge is 0.150 e. The largest absolute Gasteiger partial charge is 0.501 e. The standard InChI is InChI=1S/C12H22O3S/c1-11(2)9-15-7-6-12-5-3-4-8-16(13,14)10-12/h9,12H,3-8,10H2,1-2H3. The van der Waals surface area contributed by atoms with Crippen LogP contribution in [0.4, 0.5) is 0 Å². The van der Waals surface area contributed by atoms with Gasteiger partial charge in [0.25, 0.3) is 0 Å². The summed E-state index contributed by atoms with van der Waals surface area (Å²) < 4.78 is 28.5. The molecule has 1 aliphatic rings. The molecule has 0 spiro atoms. The van der Waals surface area contributed by atoms with E-state index < -0.39 is 9.84 Å². The molecule has 0 bridgehead atoms. The van der Waals surface area contributed by atoms with Crippen LogP contribution in [0, 0.1) is 5.92 Å². The predicted octanol–water partition coefficient (Wildman–Crippen LogP) is 2.53. The first-order valence-electron chi connectivity index (χ1n) is 5.95. The number of sulfone groups is 1. The Morgan fingerprint density at radius 2 is 2.12 bits per heavy atom. The molecule has 0 N–H and O–H groups in total. The molecule has 1 fully saturated rings. The summed E-state index contributed by atoms with van der Waals surface area (Å²) in [6.07, 6.45) is 5.48. The van der Waals surface area contributed by atoms with Crippen LogP contribution in [0.15, 0.2) is 11.8 Å². The van der Waals surface area contributed by atoms with E-state index in [1.165, 1.54) is 0 Å². The third-order valence-electron chi connectivity index (χ3n) is 2.77. The number of hydrogen-bond donors (Lipinski definition) is 0. The minimum Gasteiger partial charge on any atom is -0.501 e. The molecule has 0 aromatic rings. The summed E-state index contributed by atoms with van der Waals surface area (Å²) in [5, 5.41) is 0. The lowest BCUT2D eigenvalue weighted by Gasteiger charge is -2.12. The fourth-order valence-electron chi connectivity index (χ4n) is 1.97. The Morgan fingerprint density at radius 3 is 2.81 bits per heavy atom. The molecule has 16 heavy (non-hydrogen) atoms. The molecular formula is C12H22O3S. The van der Waals surface area contributed by atoms with Gasteiger partial charge in [0, 0.05) is 0 Å². The summed E-state index contributed by atoms with van der Waals surface area (Å²) in [7, 11) is -2.79. The van der Waals surface area contributed by atoms with Gasteiger partial charge in [-0.3, -0.25) is 0 Å². The maximum atomic E-state index is 11.6. The Bertz CT molecular complexity index is 326. The van der Waals surface area contributed by atoms with Crippen molar-refractivity contribution in [3.8, 4) is 0 Å². The number of hydrogen-bond acceptors (Lipinski definition) is 3. The highest BCUT2D eigenvalue weighted by molar-refractivity contribution is 7.91. The summed E-state index contributed by atoms with van der Waals surface area (Å²) in [6, 6.07) is 0. The molecule has 4 heteroatoms. The van der Waals surface area contributed by atoms with Crippen molar-refractivity contribution in [3.05, 3.63) is 11.8 Å². The van der Waals surface area contributed by atoms with Crippen molar-refractivity contribution in [1.82, 2.24) is 0 Å². The van der Waals surface area contributed by atoms with E-state index in [1.807, 2.05) is 13.8 Å². The highest BCUT2D eigenvalue weighted by Gasteiger charge is 2.22. The van der Waals surface area contributed by atoms with Gasteiger partial charge in [-0.05, 0) is 44.6 Å². The van der Waals surface area contributed by atoms with Gasteiger partial charge in [-0.15, -0.1) is 0 Å².